The number of amides is 1. The van der Waals surface area contributed by atoms with E-state index in [9.17, 15) is 13.6 Å². The highest BCUT2D eigenvalue weighted by atomic mass is 19.3. The van der Waals surface area contributed by atoms with Gasteiger partial charge in [0.05, 0.1) is 11.1 Å². The van der Waals surface area contributed by atoms with Gasteiger partial charge in [0.15, 0.2) is 0 Å². The molecular formula is C17H19F2N3O2. The number of alkyl halides is 2. The van der Waals surface area contributed by atoms with E-state index in [0.717, 1.165) is 32.2 Å². The molecule has 1 unspecified atom stereocenters. The summed E-state index contributed by atoms with van der Waals surface area (Å²) in [6.07, 6.45) is 1.03. The van der Waals surface area contributed by atoms with E-state index >= 15 is 0 Å². The van der Waals surface area contributed by atoms with Gasteiger partial charge < -0.3 is 9.42 Å². The molecule has 0 aromatic carbocycles. The molecule has 24 heavy (non-hydrogen) atoms. The molecule has 1 aliphatic heterocycles. The number of aryl methyl sites for hydroxylation is 1. The summed E-state index contributed by atoms with van der Waals surface area (Å²) >= 11 is 0. The molecule has 4 rings (SSSR count). The third-order valence-corrected chi connectivity index (χ3v) is 4.98. The molecular weight excluding hydrogens is 316 g/mol. The molecule has 7 heteroatoms. The lowest BCUT2D eigenvalue weighted by Crippen LogP contribution is -2.40. The van der Waals surface area contributed by atoms with E-state index in [-0.39, 0.29) is 29.0 Å². The maximum absolute atomic E-state index is 13.5. The summed E-state index contributed by atoms with van der Waals surface area (Å²) in [5.41, 5.74) is 1.07. The fourth-order valence-corrected chi connectivity index (χ4v) is 3.54. The first kappa shape index (κ1) is 15.5. The molecule has 0 N–H and O–H groups in total. The molecule has 1 amide bonds. The summed E-state index contributed by atoms with van der Waals surface area (Å²) in [5.74, 6) is 0.340. The Bertz CT molecular complexity index is 785. The van der Waals surface area contributed by atoms with Crippen LogP contribution >= 0.6 is 0 Å². The molecule has 3 heterocycles. The highest BCUT2D eigenvalue weighted by Crippen LogP contribution is 2.36. The minimum absolute atomic E-state index is 0.0336. The van der Waals surface area contributed by atoms with Gasteiger partial charge in [0.25, 0.3) is 12.1 Å². The van der Waals surface area contributed by atoms with Gasteiger partial charge in [-0.2, -0.15) is 0 Å². The number of halogens is 2. The summed E-state index contributed by atoms with van der Waals surface area (Å²) in [6.45, 7) is 2.93. The minimum atomic E-state index is -2.61. The molecule has 2 fully saturated rings. The minimum Gasteiger partial charge on any atom is -0.342 e. The molecule has 0 bridgehead atoms. The van der Waals surface area contributed by atoms with Crippen LogP contribution in [0.4, 0.5) is 8.78 Å². The SMILES string of the molecule is Cc1noc2nc(C3CCCN(C(=O)C4CC4)C3)cc(C(F)F)c12. The average molecular weight is 335 g/mol. The summed E-state index contributed by atoms with van der Waals surface area (Å²) < 4.78 is 32.0. The van der Waals surface area contributed by atoms with Crippen LogP contribution in [0, 0.1) is 12.8 Å². The maximum atomic E-state index is 13.5. The van der Waals surface area contributed by atoms with Crippen LogP contribution in [0.15, 0.2) is 10.6 Å². The smallest absolute Gasteiger partial charge is 0.264 e. The number of carbonyl (C=O) groups excluding carboxylic acids is 1. The standard InChI is InChI=1S/C17H19F2N3O2/c1-9-14-12(15(18)19)7-13(20-16(14)24-21-9)11-3-2-6-22(8-11)17(23)10-4-5-10/h7,10-11,15H,2-6,8H2,1H3. The van der Waals surface area contributed by atoms with Gasteiger partial charge >= 0.3 is 0 Å². The van der Waals surface area contributed by atoms with Crippen molar-refractivity contribution in [1.29, 1.82) is 0 Å². The maximum Gasteiger partial charge on any atom is 0.264 e. The number of carbonyl (C=O) groups is 1. The Kier molecular flexibility index (Phi) is 3.73. The molecule has 0 radical (unpaired) electrons. The van der Waals surface area contributed by atoms with E-state index in [1.165, 1.54) is 6.07 Å². The van der Waals surface area contributed by atoms with Gasteiger partial charge in [-0.05, 0) is 38.7 Å². The fraction of sp³-hybridized carbons (Fsp3) is 0.588. The topological polar surface area (TPSA) is 59.2 Å². The van der Waals surface area contributed by atoms with Crippen LogP contribution in [-0.4, -0.2) is 34.0 Å². The zero-order chi connectivity index (χ0) is 16.8. The van der Waals surface area contributed by atoms with Crippen LogP contribution in [0.3, 0.4) is 0 Å². The average Bonchev–Trinajstić information content (AvgIpc) is 3.37. The van der Waals surface area contributed by atoms with Gasteiger partial charge in [-0.3, -0.25) is 4.79 Å². The number of fused-ring (bicyclic) bond motifs is 1. The number of pyridine rings is 1. The van der Waals surface area contributed by atoms with E-state index in [2.05, 4.69) is 10.1 Å². The van der Waals surface area contributed by atoms with Crippen molar-refractivity contribution in [1.82, 2.24) is 15.0 Å². The molecule has 1 aliphatic carbocycles. The first-order chi connectivity index (χ1) is 11.5. The Balaban J connectivity index is 1.66. The third-order valence-electron chi connectivity index (χ3n) is 4.98. The fourth-order valence-electron chi connectivity index (χ4n) is 3.54. The Morgan fingerprint density at radius 2 is 2.17 bits per heavy atom. The van der Waals surface area contributed by atoms with Crippen LogP contribution in [0.2, 0.25) is 0 Å². The number of hydrogen-bond donors (Lipinski definition) is 0. The predicted octanol–water partition coefficient (Wildman–Crippen LogP) is 3.58. The van der Waals surface area contributed by atoms with E-state index < -0.39 is 6.43 Å². The third kappa shape index (κ3) is 2.65. The molecule has 128 valence electrons. The van der Waals surface area contributed by atoms with E-state index in [1.54, 1.807) is 6.92 Å². The lowest BCUT2D eigenvalue weighted by Gasteiger charge is -2.32. The van der Waals surface area contributed by atoms with Crippen molar-refractivity contribution in [3.05, 3.63) is 23.0 Å². The molecule has 1 saturated carbocycles. The van der Waals surface area contributed by atoms with Gasteiger partial charge in [0.1, 0.15) is 0 Å². The quantitative estimate of drug-likeness (QED) is 0.860. The van der Waals surface area contributed by atoms with Crippen LogP contribution in [0.5, 0.6) is 0 Å². The van der Waals surface area contributed by atoms with Gasteiger partial charge in [0.2, 0.25) is 5.91 Å². The first-order valence-corrected chi connectivity index (χ1v) is 8.38. The summed E-state index contributed by atoms with van der Waals surface area (Å²) in [5, 5.41) is 4.07. The number of piperidine rings is 1. The Hall–Kier alpha value is -2.05. The van der Waals surface area contributed by atoms with Gasteiger partial charge in [0, 0.05) is 36.2 Å². The second kappa shape index (κ2) is 5.79. The number of hydrogen-bond acceptors (Lipinski definition) is 4. The van der Waals surface area contributed by atoms with Crippen molar-refractivity contribution in [3.8, 4) is 0 Å². The van der Waals surface area contributed by atoms with Crippen molar-refractivity contribution >= 4 is 17.0 Å². The van der Waals surface area contributed by atoms with Crippen molar-refractivity contribution in [3.63, 3.8) is 0 Å². The molecule has 2 aromatic rings. The zero-order valence-corrected chi connectivity index (χ0v) is 13.5. The first-order valence-electron chi connectivity index (χ1n) is 8.38. The summed E-state index contributed by atoms with van der Waals surface area (Å²) in [6, 6.07) is 1.47. The number of rotatable bonds is 3. The van der Waals surface area contributed by atoms with Crippen molar-refractivity contribution in [2.75, 3.05) is 13.1 Å². The number of likely N-dealkylation sites (tertiary alicyclic amines) is 1. The Morgan fingerprint density at radius 1 is 1.38 bits per heavy atom. The number of aromatic nitrogens is 2. The van der Waals surface area contributed by atoms with E-state index in [4.69, 9.17) is 4.52 Å². The van der Waals surface area contributed by atoms with Crippen molar-refractivity contribution < 1.29 is 18.1 Å². The Morgan fingerprint density at radius 3 is 2.88 bits per heavy atom. The number of nitrogens with zero attached hydrogens (tertiary/aromatic N) is 3. The molecule has 2 aromatic heterocycles. The zero-order valence-electron chi connectivity index (χ0n) is 13.5. The highest BCUT2D eigenvalue weighted by Gasteiger charge is 2.36. The van der Waals surface area contributed by atoms with Crippen LogP contribution < -0.4 is 0 Å². The summed E-state index contributed by atoms with van der Waals surface area (Å²) in [4.78, 5) is 18.6. The highest BCUT2D eigenvalue weighted by molar-refractivity contribution is 5.82. The molecule has 5 nitrogen and oxygen atoms in total. The second-order valence-electron chi connectivity index (χ2n) is 6.78. The van der Waals surface area contributed by atoms with Crippen molar-refractivity contribution in [2.24, 2.45) is 5.92 Å². The summed E-state index contributed by atoms with van der Waals surface area (Å²) in [7, 11) is 0. The lowest BCUT2D eigenvalue weighted by molar-refractivity contribution is -0.133. The van der Waals surface area contributed by atoms with E-state index in [0.29, 0.717) is 23.3 Å². The van der Waals surface area contributed by atoms with Crippen LogP contribution in [0.25, 0.3) is 11.1 Å². The molecule has 0 spiro atoms. The van der Waals surface area contributed by atoms with Crippen LogP contribution in [-0.2, 0) is 4.79 Å². The van der Waals surface area contributed by atoms with Crippen molar-refractivity contribution in [2.45, 2.75) is 45.0 Å². The van der Waals surface area contributed by atoms with Crippen LogP contribution in [0.1, 0.15) is 55.0 Å². The van der Waals surface area contributed by atoms with E-state index in [1.807, 2.05) is 4.90 Å². The molecule has 1 atom stereocenters. The van der Waals surface area contributed by atoms with Gasteiger partial charge in [-0.15, -0.1) is 0 Å². The monoisotopic (exact) mass is 335 g/mol. The molecule has 2 aliphatic rings. The largest absolute Gasteiger partial charge is 0.342 e. The predicted molar refractivity (Wildman–Crippen MR) is 82.8 cm³/mol. The van der Waals surface area contributed by atoms with Gasteiger partial charge in [-0.25, -0.2) is 13.8 Å². The second-order valence-corrected chi connectivity index (χ2v) is 6.78. The van der Waals surface area contributed by atoms with Gasteiger partial charge in [-0.1, -0.05) is 5.16 Å². The Labute approximate surface area is 138 Å². The normalized spacial score (nSPS) is 21.7. The molecule has 1 saturated heterocycles. The lowest BCUT2D eigenvalue weighted by atomic mass is 9.92.